The number of carbonyl (C=O) groups is 4. The molecule has 0 aromatic heterocycles. The first-order valence-corrected chi connectivity index (χ1v) is 54.9. The number of hydrogen-bond donors (Lipinski definition) is 0. The molecule has 0 saturated heterocycles. The Balaban J connectivity index is 0.00000244. The third-order valence-electron chi connectivity index (χ3n) is 24.0. The molecule has 17 heteroatoms. The molecule has 0 amide bonds. The van der Waals surface area contributed by atoms with Gasteiger partial charge in [0.2, 0.25) is 0 Å². The summed E-state index contributed by atoms with van der Waals surface area (Å²) in [6.07, 6.45) is 112. The van der Waals surface area contributed by atoms with Crippen molar-refractivity contribution in [2.24, 2.45) is 0 Å². The van der Waals surface area contributed by atoms with Gasteiger partial charge in [-0.25, -0.2) is 36.0 Å². The third kappa shape index (κ3) is 76.6. The van der Waals surface area contributed by atoms with Gasteiger partial charge in [-0.3, -0.25) is 0 Å². The van der Waals surface area contributed by atoms with Crippen molar-refractivity contribution in [3.05, 3.63) is 107 Å². The molecule has 0 unspecified atom stereocenters. The van der Waals surface area contributed by atoms with Gasteiger partial charge in [-0.2, -0.15) is 0 Å². The minimum absolute atomic E-state index is 0. The molecule has 0 atom stereocenters. The number of allylic oxidation sites excluding steroid dienone is 8. The van der Waals surface area contributed by atoms with Crippen molar-refractivity contribution in [2.75, 3.05) is 26.4 Å². The Hall–Kier alpha value is -3.64. The molecule has 14 nitrogen and oxygen atoms in total. The van der Waals surface area contributed by atoms with E-state index in [4.69, 9.17) is 18.9 Å². The SMILES string of the molecule is CCCCCCC/C=C/CCCCCCCCCCCCCCOC(=O)c1cccc(S(=O)(=O)[O-])c1C(=O)OCCCCCCCCCCCCCC/C=C/CCCCCCC.CCCCCCC/C=C/CCCCCCCCCCCCCCOC(=O)c1cccc(S(=O)(=O)[O-])c1C(=O)OCCCCCCCCCCCCCC/C=C/CCCCCCC.[Ca+2]. The Kier molecular flexibility index (Phi) is 89.5. The second-order valence-corrected chi connectivity index (χ2v) is 38.3. The second kappa shape index (κ2) is 92.2. The van der Waals surface area contributed by atoms with Crippen molar-refractivity contribution in [3.8, 4) is 0 Å². The summed E-state index contributed by atoms with van der Waals surface area (Å²) < 4.78 is 93.9. The summed E-state index contributed by atoms with van der Waals surface area (Å²) in [6.45, 7) is 9.55. The first-order chi connectivity index (χ1) is 60.6. The van der Waals surface area contributed by atoms with Crippen LogP contribution in [0.2, 0.25) is 0 Å². The molecule has 0 heterocycles. The van der Waals surface area contributed by atoms with Gasteiger partial charge in [0.05, 0.1) is 58.5 Å². The van der Waals surface area contributed by atoms with Gasteiger partial charge in [-0.15, -0.1) is 0 Å². The zero-order valence-electron chi connectivity index (χ0n) is 80.9. The second-order valence-electron chi connectivity index (χ2n) is 35.6. The Labute approximate surface area is 798 Å². The normalized spacial score (nSPS) is 11.8. The molecule has 2 rings (SSSR count). The van der Waals surface area contributed by atoms with E-state index in [0.29, 0.717) is 25.7 Å². The number of benzene rings is 2. The molecule has 0 fully saturated rings. The Morgan fingerprint density at radius 3 is 0.528 bits per heavy atom. The maximum absolute atomic E-state index is 13.1. The minimum Gasteiger partial charge on any atom is -0.744 e. The van der Waals surface area contributed by atoms with Crippen molar-refractivity contribution in [2.45, 2.75) is 525 Å². The van der Waals surface area contributed by atoms with E-state index in [1.165, 1.54) is 410 Å². The standard InChI is InChI=1S/2C54H94O7S.Ca/c2*1-3-5-7-9-11-13-15-17-19-21-23-25-27-29-31-33-35-37-39-41-43-48-60-53(55)50-46-45-47-51(62(57,58)59)52(50)54(56)61-49-44-42-40-38-36-34-32-30-28-26-24-22-20-18-16-14-12-10-8-6-4-2;/h2*15-18,45-47H,3-14,19-44,48-49H2,1-2H3,(H,57,58,59);/q;;+2/p-2/b2*17-15+,18-16+;. The molecule has 0 aliphatic heterocycles. The Bertz CT molecular complexity index is 2950. The summed E-state index contributed by atoms with van der Waals surface area (Å²) in [4.78, 5) is 50.7. The van der Waals surface area contributed by atoms with Crippen LogP contribution in [0.15, 0.2) is 94.8 Å². The largest absolute Gasteiger partial charge is 2.00 e. The van der Waals surface area contributed by atoms with Gasteiger partial charge in [0.1, 0.15) is 20.2 Å². The molecular formula is C108H186CaO14S2. The Morgan fingerprint density at radius 2 is 0.368 bits per heavy atom. The van der Waals surface area contributed by atoms with Crippen LogP contribution in [-0.4, -0.2) is 114 Å². The maximum Gasteiger partial charge on any atom is 2.00 e. The fourth-order valence-corrected chi connectivity index (χ4v) is 17.5. The van der Waals surface area contributed by atoms with Gasteiger partial charge in [0.25, 0.3) is 0 Å². The average molecular weight is 1810 g/mol. The molecule has 125 heavy (non-hydrogen) atoms. The fraction of sp³-hybridized carbons (Fsp3) is 0.778. The Morgan fingerprint density at radius 1 is 0.224 bits per heavy atom. The number of unbranched alkanes of at least 4 members (excludes halogenated alkanes) is 68. The van der Waals surface area contributed by atoms with E-state index in [0.717, 1.165) is 89.2 Å². The topological polar surface area (TPSA) is 220 Å². The van der Waals surface area contributed by atoms with E-state index in [2.05, 4.69) is 76.3 Å². The summed E-state index contributed by atoms with van der Waals surface area (Å²) in [5, 5.41) is 0. The van der Waals surface area contributed by atoms with Crippen LogP contribution in [0.3, 0.4) is 0 Å². The van der Waals surface area contributed by atoms with Crippen molar-refractivity contribution < 1.29 is 64.1 Å². The predicted molar refractivity (Wildman–Crippen MR) is 526 cm³/mol. The molecule has 2 aromatic carbocycles. The third-order valence-corrected chi connectivity index (χ3v) is 25.8. The van der Waals surface area contributed by atoms with E-state index in [1.807, 2.05) is 0 Å². The maximum atomic E-state index is 13.1. The first kappa shape index (κ1) is 121. The predicted octanol–water partition coefficient (Wildman–Crippen LogP) is 33.4. The van der Waals surface area contributed by atoms with Crippen LogP contribution >= 0.6 is 0 Å². The zero-order valence-corrected chi connectivity index (χ0v) is 84.7. The smallest absolute Gasteiger partial charge is 0.744 e. The van der Waals surface area contributed by atoms with E-state index in [-0.39, 0.29) is 75.3 Å². The first-order valence-electron chi connectivity index (χ1n) is 52.1. The molecule has 0 aliphatic rings. The number of rotatable bonds is 90. The van der Waals surface area contributed by atoms with Gasteiger partial charge in [-0.05, 0) is 153 Å². The summed E-state index contributed by atoms with van der Waals surface area (Å²) in [6, 6.07) is 7.29. The summed E-state index contributed by atoms with van der Waals surface area (Å²) in [5.41, 5.74) is -1.54. The number of esters is 4. The summed E-state index contributed by atoms with van der Waals surface area (Å²) in [5.74, 6) is -3.61. The van der Waals surface area contributed by atoms with Crippen molar-refractivity contribution in [1.29, 1.82) is 0 Å². The van der Waals surface area contributed by atoms with Crippen LogP contribution in [0, 0.1) is 0 Å². The van der Waals surface area contributed by atoms with Crippen LogP contribution in [0.1, 0.15) is 557 Å². The van der Waals surface area contributed by atoms with E-state index in [1.54, 1.807) is 0 Å². The molecule has 0 bridgehead atoms. The van der Waals surface area contributed by atoms with Crippen LogP contribution < -0.4 is 0 Å². The van der Waals surface area contributed by atoms with Gasteiger partial charge < -0.3 is 28.1 Å². The zero-order chi connectivity index (χ0) is 90.1. The molecule has 0 aliphatic carbocycles. The van der Waals surface area contributed by atoms with Crippen LogP contribution in [0.5, 0.6) is 0 Å². The summed E-state index contributed by atoms with van der Waals surface area (Å²) >= 11 is 0. The minimum atomic E-state index is -5.02. The van der Waals surface area contributed by atoms with Gasteiger partial charge in [0.15, 0.2) is 0 Å². The molecule has 716 valence electrons. The van der Waals surface area contributed by atoms with Gasteiger partial charge in [0, 0.05) is 0 Å². The van der Waals surface area contributed by atoms with Crippen LogP contribution in [0.4, 0.5) is 0 Å². The van der Waals surface area contributed by atoms with Crippen molar-refractivity contribution in [1.82, 2.24) is 0 Å². The average Bonchev–Trinajstić information content (AvgIpc) is 0.795. The van der Waals surface area contributed by atoms with Crippen LogP contribution in [-0.2, 0) is 39.2 Å². The molecule has 0 saturated carbocycles. The monoisotopic (exact) mass is 1810 g/mol. The van der Waals surface area contributed by atoms with E-state index >= 15 is 0 Å². The van der Waals surface area contributed by atoms with Crippen LogP contribution in [0.25, 0.3) is 0 Å². The molecule has 0 spiro atoms. The number of ether oxygens (including phenoxy) is 4. The molecule has 0 N–H and O–H groups in total. The van der Waals surface area contributed by atoms with E-state index < -0.39 is 65.0 Å². The van der Waals surface area contributed by atoms with Crippen molar-refractivity contribution >= 4 is 81.9 Å². The molecule has 0 radical (unpaired) electrons. The number of hydrogen-bond acceptors (Lipinski definition) is 14. The van der Waals surface area contributed by atoms with Crippen molar-refractivity contribution in [3.63, 3.8) is 0 Å². The number of carbonyl (C=O) groups excluding carboxylic acids is 4. The summed E-state index contributed by atoms with van der Waals surface area (Å²) in [7, 11) is -10.0. The molecule has 2 aromatic rings. The fourth-order valence-electron chi connectivity index (χ4n) is 16.1. The molecular weight excluding hydrogens is 1630 g/mol. The quantitative estimate of drug-likeness (QED) is 0.0150. The van der Waals surface area contributed by atoms with Gasteiger partial charge in [-0.1, -0.05) is 448 Å². The van der Waals surface area contributed by atoms with Gasteiger partial charge >= 0.3 is 61.6 Å². The van der Waals surface area contributed by atoms with E-state index in [9.17, 15) is 45.1 Å².